The lowest BCUT2D eigenvalue weighted by molar-refractivity contribution is 0.410. The zero-order valence-corrected chi connectivity index (χ0v) is 11.2. The molecule has 2 nitrogen and oxygen atoms in total. The molecule has 0 saturated heterocycles. The van der Waals surface area contributed by atoms with Crippen molar-refractivity contribution in [3.05, 3.63) is 29.6 Å². The number of hydrogen-bond donors (Lipinski definition) is 1. The summed E-state index contributed by atoms with van der Waals surface area (Å²) >= 11 is 0. The molecule has 1 N–H and O–H groups in total. The SMILES string of the molecule is CCCNC1CCC(c2ccc(OC)cc2F)C1. The van der Waals surface area contributed by atoms with E-state index in [0.717, 1.165) is 37.8 Å². The zero-order valence-electron chi connectivity index (χ0n) is 11.2. The van der Waals surface area contributed by atoms with E-state index in [1.807, 2.05) is 12.1 Å². The van der Waals surface area contributed by atoms with Crippen LogP contribution in [0.1, 0.15) is 44.1 Å². The van der Waals surface area contributed by atoms with Crippen molar-refractivity contribution in [2.75, 3.05) is 13.7 Å². The van der Waals surface area contributed by atoms with Crippen LogP contribution in [0.2, 0.25) is 0 Å². The highest BCUT2D eigenvalue weighted by molar-refractivity contribution is 5.31. The normalized spacial score (nSPS) is 23.3. The summed E-state index contributed by atoms with van der Waals surface area (Å²) in [7, 11) is 1.56. The summed E-state index contributed by atoms with van der Waals surface area (Å²) < 4.78 is 19.0. The molecule has 0 spiro atoms. The highest BCUT2D eigenvalue weighted by Crippen LogP contribution is 2.36. The first-order valence-corrected chi connectivity index (χ1v) is 6.81. The molecule has 0 amide bonds. The van der Waals surface area contributed by atoms with Crippen LogP contribution in [0.5, 0.6) is 5.75 Å². The highest BCUT2D eigenvalue weighted by Gasteiger charge is 2.27. The fourth-order valence-corrected chi connectivity index (χ4v) is 2.76. The predicted molar refractivity (Wildman–Crippen MR) is 71.6 cm³/mol. The van der Waals surface area contributed by atoms with Crippen molar-refractivity contribution in [1.82, 2.24) is 5.32 Å². The van der Waals surface area contributed by atoms with Crippen LogP contribution in [-0.2, 0) is 0 Å². The molecule has 0 aliphatic heterocycles. The van der Waals surface area contributed by atoms with Crippen molar-refractivity contribution in [2.45, 2.75) is 44.6 Å². The molecule has 1 aromatic rings. The van der Waals surface area contributed by atoms with E-state index in [9.17, 15) is 4.39 Å². The van der Waals surface area contributed by atoms with Crippen molar-refractivity contribution >= 4 is 0 Å². The van der Waals surface area contributed by atoms with Crippen LogP contribution in [0.4, 0.5) is 4.39 Å². The van der Waals surface area contributed by atoms with Gasteiger partial charge in [-0.3, -0.25) is 0 Å². The van der Waals surface area contributed by atoms with Gasteiger partial charge in [0, 0.05) is 12.1 Å². The van der Waals surface area contributed by atoms with Gasteiger partial charge in [-0.05, 0) is 49.8 Å². The number of halogens is 1. The van der Waals surface area contributed by atoms with Crippen LogP contribution in [0.25, 0.3) is 0 Å². The number of ether oxygens (including phenoxy) is 1. The molecular weight excluding hydrogens is 229 g/mol. The number of hydrogen-bond acceptors (Lipinski definition) is 2. The molecule has 1 aromatic carbocycles. The van der Waals surface area contributed by atoms with Gasteiger partial charge in [-0.2, -0.15) is 0 Å². The monoisotopic (exact) mass is 251 g/mol. The van der Waals surface area contributed by atoms with E-state index in [1.54, 1.807) is 7.11 Å². The van der Waals surface area contributed by atoms with E-state index in [1.165, 1.54) is 6.07 Å². The van der Waals surface area contributed by atoms with Crippen LogP contribution in [0.3, 0.4) is 0 Å². The van der Waals surface area contributed by atoms with E-state index in [4.69, 9.17) is 4.74 Å². The summed E-state index contributed by atoms with van der Waals surface area (Å²) in [6.45, 7) is 3.23. The quantitative estimate of drug-likeness (QED) is 0.865. The Morgan fingerprint density at radius 1 is 1.39 bits per heavy atom. The summed E-state index contributed by atoms with van der Waals surface area (Å²) in [5.74, 6) is 0.815. The van der Waals surface area contributed by atoms with Crippen molar-refractivity contribution in [3.63, 3.8) is 0 Å². The van der Waals surface area contributed by atoms with Gasteiger partial charge in [0.2, 0.25) is 0 Å². The molecular formula is C15H22FNO. The van der Waals surface area contributed by atoms with Crippen molar-refractivity contribution in [2.24, 2.45) is 0 Å². The van der Waals surface area contributed by atoms with Gasteiger partial charge in [0.15, 0.2) is 0 Å². The van der Waals surface area contributed by atoms with Crippen LogP contribution in [0, 0.1) is 5.82 Å². The molecule has 100 valence electrons. The van der Waals surface area contributed by atoms with Gasteiger partial charge in [0.25, 0.3) is 0 Å². The van der Waals surface area contributed by atoms with Crippen molar-refractivity contribution in [1.29, 1.82) is 0 Å². The molecule has 1 aliphatic carbocycles. The Hall–Kier alpha value is -1.09. The van der Waals surface area contributed by atoms with Crippen LogP contribution in [-0.4, -0.2) is 19.7 Å². The minimum atomic E-state index is -0.129. The summed E-state index contributed by atoms with van der Waals surface area (Å²) in [6.07, 6.45) is 4.42. The lowest BCUT2D eigenvalue weighted by Gasteiger charge is -2.14. The third-order valence-electron chi connectivity index (χ3n) is 3.76. The molecule has 1 fully saturated rings. The fraction of sp³-hybridized carbons (Fsp3) is 0.600. The second kappa shape index (κ2) is 6.19. The summed E-state index contributed by atoms with van der Waals surface area (Å²) in [4.78, 5) is 0. The summed E-state index contributed by atoms with van der Waals surface area (Å²) in [6, 6.07) is 5.77. The van der Waals surface area contributed by atoms with Gasteiger partial charge in [-0.25, -0.2) is 4.39 Å². The van der Waals surface area contributed by atoms with Crippen LogP contribution >= 0.6 is 0 Å². The van der Waals surface area contributed by atoms with Gasteiger partial charge in [-0.1, -0.05) is 13.0 Å². The van der Waals surface area contributed by atoms with Crippen LogP contribution < -0.4 is 10.1 Å². The Balaban J connectivity index is 2.00. The first-order valence-electron chi connectivity index (χ1n) is 6.81. The number of rotatable bonds is 5. The second-order valence-corrected chi connectivity index (χ2v) is 5.05. The minimum absolute atomic E-state index is 0.129. The lowest BCUT2D eigenvalue weighted by atomic mass is 9.96. The van der Waals surface area contributed by atoms with Gasteiger partial charge in [0.05, 0.1) is 7.11 Å². The average Bonchev–Trinajstić information content (AvgIpc) is 2.84. The molecule has 3 heteroatoms. The molecule has 0 aromatic heterocycles. The first-order chi connectivity index (χ1) is 8.74. The molecule has 2 rings (SSSR count). The minimum Gasteiger partial charge on any atom is -0.497 e. The number of benzene rings is 1. The maximum absolute atomic E-state index is 14.0. The van der Waals surface area contributed by atoms with E-state index >= 15 is 0 Å². The first kappa shape index (κ1) is 13.3. The van der Waals surface area contributed by atoms with E-state index in [2.05, 4.69) is 12.2 Å². The Kier molecular flexibility index (Phi) is 4.59. The molecule has 0 heterocycles. The summed E-state index contributed by atoms with van der Waals surface area (Å²) in [5.41, 5.74) is 0.844. The van der Waals surface area contributed by atoms with Gasteiger partial charge in [-0.15, -0.1) is 0 Å². The third kappa shape index (κ3) is 3.02. The van der Waals surface area contributed by atoms with E-state index in [0.29, 0.717) is 17.7 Å². The Bertz CT molecular complexity index is 394. The smallest absolute Gasteiger partial charge is 0.130 e. The van der Waals surface area contributed by atoms with Gasteiger partial charge in [0.1, 0.15) is 11.6 Å². The number of nitrogens with one attached hydrogen (secondary N) is 1. The zero-order chi connectivity index (χ0) is 13.0. The Morgan fingerprint density at radius 2 is 2.22 bits per heavy atom. The Labute approximate surface area is 109 Å². The Morgan fingerprint density at radius 3 is 2.89 bits per heavy atom. The van der Waals surface area contributed by atoms with E-state index < -0.39 is 0 Å². The average molecular weight is 251 g/mol. The molecule has 18 heavy (non-hydrogen) atoms. The van der Waals surface area contributed by atoms with Crippen molar-refractivity contribution in [3.8, 4) is 5.75 Å². The standard InChI is InChI=1S/C15H22FNO/c1-3-8-17-12-5-4-11(9-12)14-7-6-13(18-2)10-15(14)16/h6-7,10-12,17H,3-5,8-9H2,1-2H3. The van der Waals surface area contributed by atoms with Crippen LogP contribution in [0.15, 0.2) is 18.2 Å². The molecule has 2 unspecified atom stereocenters. The topological polar surface area (TPSA) is 21.3 Å². The maximum Gasteiger partial charge on any atom is 0.130 e. The molecule has 1 saturated carbocycles. The molecule has 1 aliphatic rings. The highest BCUT2D eigenvalue weighted by atomic mass is 19.1. The largest absolute Gasteiger partial charge is 0.497 e. The predicted octanol–water partition coefficient (Wildman–Crippen LogP) is 3.47. The molecule has 0 radical (unpaired) electrons. The fourth-order valence-electron chi connectivity index (χ4n) is 2.76. The van der Waals surface area contributed by atoms with Crippen molar-refractivity contribution < 1.29 is 9.13 Å². The van der Waals surface area contributed by atoms with E-state index in [-0.39, 0.29) is 5.82 Å². The molecule has 2 atom stereocenters. The third-order valence-corrected chi connectivity index (χ3v) is 3.76. The van der Waals surface area contributed by atoms with Gasteiger partial charge >= 0.3 is 0 Å². The summed E-state index contributed by atoms with van der Waals surface area (Å²) in [5, 5.41) is 3.53. The second-order valence-electron chi connectivity index (χ2n) is 5.05. The molecule has 0 bridgehead atoms. The number of methoxy groups -OCH3 is 1. The van der Waals surface area contributed by atoms with Gasteiger partial charge < -0.3 is 10.1 Å². The maximum atomic E-state index is 14.0. The lowest BCUT2D eigenvalue weighted by Crippen LogP contribution is -2.26.